The zero-order chi connectivity index (χ0) is 31.6. The van der Waals surface area contributed by atoms with Gasteiger partial charge in [0.25, 0.3) is 0 Å². The molecular formula is C33H30FN3O7. The average Bonchev–Trinajstić information content (AvgIpc) is 3.01. The maximum Gasteiger partial charge on any atom is 0.328 e. The van der Waals surface area contributed by atoms with Gasteiger partial charge in [0.05, 0.1) is 18.5 Å². The van der Waals surface area contributed by atoms with Crippen molar-refractivity contribution in [1.82, 2.24) is 10.2 Å². The third-order valence-corrected chi connectivity index (χ3v) is 6.91. The number of methoxy groups -OCH3 is 1. The minimum atomic E-state index is -1.32. The van der Waals surface area contributed by atoms with Gasteiger partial charge >= 0.3 is 11.7 Å². The lowest BCUT2D eigenvalue weighted by molar-refractivity contribution is -0.387. The number of esters is 1. The van der Waals surface area contributed by atoms with Gasteiger partial charge in [0.15, 0.2) is 0 Å². The molecule has 0 saturated heterocycles. The van der Waals surface area contributed by atoms with E-state index in [1.165, 1.54) is 23.1 Å². The molecular weight excluding hydrogens is 569 g/mol. The van der Waals surface area contributed by atoms with E-state index in [-0.39, 0.29) is 30.7 Å². The largest absolute Gasteiger partial charge is 0.508 e. The first-order chi connectivity index (χ1) is 21.2. The van der Waals surface area contributed by atoms with Crippen LogP contribution in [0.5, 0.6) is 5.75 Å². The van der Waals surface area contributed by atoms with Crippen LogP contribution in [0.15, 0.2) is 103 Å². The number of rotatable bonds is 12. The van der Waals surface area contributed by atoms with Gasteiger partial charge < -0.3 is 20.1 Å². The van der Waals surface area contributed by atoms with E-state index >= 15 is 0 Å². The molecule has 0 aromatic heterocycles. The molecule has 4 aromatic carbocycles. The van der Waals surface area contributed by atoms with Crippen LogP contribution >= 0.6 is 0 Å². The number of aromatic hydroxyl groups is 1. The fourth-order valence-corrected chi connectivity index (χ4v) is 4.80. The van der Waals surface area contributed by atoms with Crippen molar-refractivity contribution in [2.75, 3.05) is 7.11 Å². The fourth-order valence-electron chi connectivity index (χ4n) is 4.80. The molecule has 0 spiro atoms. The average molecular weight is 600 g/mol. The molecule has 0 aliphatic carbocycles. The molecule has 4 aromatic rings. The van der Waals surface area contributed by atoms with Gasteiger partial charge in [0, 0.05) is 19.0 Å². The Bertz CT molecular complexity index is 1630. The Labute approximate surface area is 252 Å². The van der Waals surface area contributed by atoms with Gasteiger partial charge in [-0.25, -0.2) is 4.79 Å². The molecule has 0 aliphatic heterocycles. The third kappa shape index (κ3) is 8.03. The summed E-state index contributed by atoms with van der Waals surface area (Å²) in [7, 11) is 1.13. The highest BCUT2D eigenvalue weighted by atomic mass is 19.1. The van der Waals surface area contributed by atoms with Crippen LogP contribution < -0.4 is 5.32 Å². The van der Waals surface area contributed by atoms with Crippen molar-refractivity contribution in [3.05, 3.63) is 141 Å². The smallest absolute Gasteiger partial charge is 0.328 e. The number of carbonyl (C=O) groups excluding carboxylic acids is 3. The fraction of sp³-hybridized carbons (Fsp3) is 0.182. The van der Waals surface area contributed by atoms with Crippen molar-refractivity contribution < 1.29 is 33.5 Å². The van der Waals surface area contributed by atoms with Gasteiger partial charge in [0.1, 0.15) is 17.8 Å². The summed E-state index contributed by atoms with van der Waals surface area (Å²) in [6, 6.07) is 24.5. The number of carbonyl (C=O) groups is 3. The summed E-state index contributed by atoms with van der Waals surface area (Å²) >= 11 is 0. The number of hydrogen-bond donors (Lipinski definition) is 2. The van der Waals surface area contributed by atoms with Crippen LogP contribution in [0.4, 0.5) is 10.1 Å². The molecule has 2 amide bonds. The second kappa shape index (κ2) is 14.5. The highest BCUT2D eigenvalue weighted by Crippen LogP contribution is 2.26. The van der Waals surface area contributed by atoms with E-state index in [0.717, 1.165) is 24.8 Å². The van der Waals surface area contributed by atoms with Crippen molar-refractivity contribution in [1.29, 1.82) is 0 Å². The predicted octanol–water partition coefficient (Wildman–Crippen LogP) is 4.65. The van der Waals surface area contributed by atoms with Crippen LogP contribution in [0.1, 0.15) is 28.3 Å². The van der Waals surface area contributed by atoms with Gasteiger partial charge in [0.2, 0.25) is 17.6 Å². The number of hydrogen-bond acceptors (Lipinski definition) is 7. The number of benzene rings is 4. The van der Waals surface area contributed by atoms with E-state index in [4.69, 9.17) is 4.74 Å². The van der Waals surface area contributed by atoms with E-state index in [1.807, 2.05) is 18.2 Å². The van der Waals surface area contributed by atoms with Crippen molar-refractivity contribution in [3.63, 3.8) is 0 Å². The first kappa shape index (κ1) is 31.4. The molecule has 0 saturated carbocycles. The van der Waals surface area contributed by atoms with Crippen molar-refractivity contribution in [3.8, 4) is 5.75 Å². The maximum absolute atomic E-state index is 14.1. The van der Waals surface area contributed by atoms with Gasteiger partial charge in [-0.2, -0.15) is 4.39 Å². The zero-order valence-corrected chi connectivity index (χ0v) is 23.8. The van der Waals surface area contributed by atoms with Crippen molar-refractivity contribution in [2.24, 2.45) is 0 Å². The number of nitro benzene ring substituents is 1. The number of nitrogens with zero attached hydrogens (tertiary/aromatic N) is 2. The number of ether oxygens (including phenoxy) is 1. The Balaban J connectivity index is 1.71. The van der Waals surface area contributed by atoms with Crippen LogP contribution in [0.2, 0.25) is 0 Å². The highest BCUT2D eigenvalue weighted by Gasteiger charge is 2.34. The van der Waals surface area contributed by atoms with Gasteiger partial charge in [-0.15, -0.1) is 0 Å². The van der Waals surface area contributed by atoms with Crippen molar-refractivity contribution >= 4 is 23.5 Å². The number of phenolic OH excluding ortho intramolecular Hbond substituents is 1. The molecule has 0 heterocycles. The molecule has 0 radical (unpaired) electrons. The van der Waals surface area contributed by atoms with E-state index in [2.05, 4.69) is 5.32 Å². The van der Waals surface area contributed by atoms with Crippen LogP contribution in [-0.2, 0) is 38.5 Å². The molecule has 4 rings (SSSR count). The summed E-state index contributed by atoms with van der Waals surface area (Å²) in [6.45, 7) is 0.0402. The Morgan fingerprint density at radius 2 is 1.57 bits per heavy atom. The Morgan fingerprint density at radius 3 is 2.20 bits per heavy atom. The summed E-state index contributed by atoms with van der Waals surface area (Å²) in [4.78, 5) is 52.6. The van der Waals surface area contributed by atoms with Crippen LogP contribution in [0.3, 0.4) is 0 Å². The SMILES string of the molecule is COC(=O)C(Cc1ccc(F)c([N+](=O)[O-])c1)NC(=O)C(c1ccccc1)N(Cc1ccccc1)C(=O)Cc1cccc(O)c1. The lowest BCUT2D eigenvalue weighted by Gasteiger charge is -2.32. The Morgan fingerprint density at radius 1 is 0.909 bits per heavy atom. The van der Waals surface area contributed by atoms with E-state index < -0.39 is 46.3 Å². The molecule has 10 nitrogen and oxygen atoms in total. The predicted molar refractivity (Wildman–Crippen MR) is 159 cm³/mol. The molecule has 11 heteroatoms. The van der Waals surface area contributed by atoms with Crippen molar-refractivity contribution in [2.45, 2.75) is 31.5 Å². The van der Waals surface area contributed by atoms with Gasteiger partial charge in [-0.05, 0) is 40.5 Å². The summed E-state index contributed by atoms with van der Waals surface area (Å²) in [6.07, 6.45) is -0.367. The molecule has 0 bridgehead atoms. The van der Waals surface area contributed by atoms with Crippen LogP contribution in [0, 0.1) is 15.9 Å². The number of amides is 2. The second-order valence-electron chi connectivity index (χ2n) is 10.00. The van der Waals surface area contributed by atoms with Gasteiger partial charge in [-0.1, -0.05) is 78.9 Å². The number of halogens is 1. The standard InChI is InChI=1S/C33H30FN3O7/c1-44-33(41)28(18-24-15-16-27(34)29(19-24)37(42)43)35-32(40)31(25-12-6-3-7-13-25)36(21-22-9-4-2-5-10-22)30(39)20-23-11-8-14-26(38)17-23/h2-17,19,28,31,38H,18,20-21H2,1H3,(H,35,40). The minimum absolute atomic E-state index is 0.00999. The summed E-state index contributed by atoms with van der Waals surface area (Å²) in [5.41, 5.74) is 1.18. The monoisotopic (exact) mass is 599 g/mol. The molecule has 226 valence electrons. The molecule has 2 atom stereocenters. The highest BCUT2D eigenvalue weighted by molar-refractivity contribution is 5.92. The maximum atomic E-state index is 14.1. The Hall–Kier alpha value is -5.58. The minimum Gasteiger partial charge on any atom is -0.508 e. The second-order valence-corrected chi connectivity index (χ2v) is 10.00. The summed E-state index contributed by atoms with van der Waals surface area (Å²) in [5, 5.41) is 23.9. The van der Waals surface area contributed by atoms with E-state index in [1.54, 1.807) is 54.6 Å². The molecule has 2 N–H and O–H groups in total. The number of nitrogens with one attached hydrogen (secondary N) is 1. The first-order valence-corrected chi connectivity index (χ1v) is 13.6. The topological polar surface area (TPSA) is 139 Å². The summed E-state index contributed by atoms with van der Waals surface area (Å²) in [5.74, 6) is -3.01. The van der Waals surface area contributed by atoms with E-state index in [9.17, 15) is 34.0 Å². The molecule has 0 fully saturated rings. The van der Waals surface area contributed by atoms with Crippen LogP contribution in [-0.4, -0.2) is 45.9 Å². The van der Waals surface area contributed by atoms with E-state index in [0.29, 0.717) is 11.1 Å². The quantitative estimate of drug-likeness (QED) is 0.137. The molecule has 0 aliphatic rings. The first-order valence-electron chi connectivity index (χ1n) is 13.6. The lowest BCUT2D eigenvalue weighted by Crippen LogP contribution is -2.50. The number of phenols is 1. The molecule has 2 unspecified atom stereocenters. The summed E-state index contributed by atoms with van der Waals surface area (Å²) < 4.78 is 18.9. The van der Waals surface area contributed by atoms with Gasteiger partial charge in [-0.3, -0.25) is 19.7 Å². The third-order valence-electron chi connectivity index (χ3n) is 6.91. The normalized spacial score (nSPS) is 12.0. The molecule has 44 heavy (non-hydrogen) atoms. The zero-order valence-electron chi connectivity index (χ0n) is 23.8. The lowest BCUT2D eigenvalue weighted by atomic mass is 10.00. The Kier molecular flexibility index (Phi) is 10.4. The van der Waals surface area contributed by atoms with Crippen LogP contribution in [0.25, 0.3) is 0 Å². The number of nitro groups is 1.